The third-order valence-corrected chi connectivity index (χ3v) is 3.33. The molecule has 0 bridgehead atoms. The van der Waals surface area contributed by atoms with Gasteiger partial charge in [-0.1, -0.05) is 30.3 Å². The fraction of sp³-hybridized carbons (Fsp3) is 0.278. The zero-order valence-electron chi connectivity index (χ0n) is 13.2. The number of amides is 1. The molecule has 2 rings (SSSR count). The van der Waals surface area contributed by atoms with Gasteiger partial charge in [-0.25, -0.2) is 0 Å². The monoisotopic (exact) mass is 334 g/mol. The molecule has 23 heavy (non-hydrogen) atoms. The third kappa shape index (κ3) is 6.30. The van der Waals surface area contributed by atoms with Crippen LogP contribution in [0.25, 0.3) is 0 Å². The maximum absolute atomic E-state index is 11.7. The quantitative estimate of drug-likeness (QED) is 0.812. The molecule has 5 heteroatoms. The Hall–Kier alpha value is -2.04. The van der Waals surface area contributed by atoms with Gasteiger partial charge in [-0.2, -0.15) is 0 Å². The second kappa shape index (κ2) is 9.87. The fourth-order valence-electron chi connectivity index (χ4n) is 2.08. The van der Waals surface area contributed by atoms with Gasteiger partial charge in [0.05, 0.1) is 0 Å². The van der Waals surface area contributed by atoms with E-state index in [2.05, 4.69) is 5.32 Å². The summed E-state index contributed by atoms with van der Waals surface area (Å²) in [6.45, 7) is 3.01. The Morgan fingerprint density at radius 3 is 2.57 bits per heavy atom. The molecule has 2 aromatic rings. The lowest BCUT2D eigenvalue weighted by Crippen LogP contribution is -2.14. The van der Waals surface area contributed by atoms with Crippen molar-refractivity contribution >= 4 is 24.0 Å². The first-order valence-corrected chi connectivity index (χ1v) is 7.46. The molecule has 0 heterocycles. The second-order valence-corrected chi connectivity index (χ2v) is 5.19. The molecule has 2 aromatic carbocycles. The Labute approximate surface area is 143 Å². The number of halogens is 1. The molecule has 0 aliphatic heterocycles. The average Bonchev–Trinajstić information content (AvgIpc) is 2.54. The van der Waals surface area contributed by atoms with E-state index >= 15 is 0 Å². The molecule has 124 valence electrons. The highest BCUT2D eigenvalue weighted by Crippen LogP contribution is 2.22. The SMILES string of the molecule is Cc1cc(OCc2ccccc2)ccc1NC(=O)CCCN.Cl. The van der Waals surface area contributed by atoms with Crippen molar-refractivity contribution in [1.29, 1.82) is 0 Å². The van der Waals surface area contributed by atoms with Gasteiger partial charge in [0.2, 0.25) is 5.91 Å². The normalized spacial score (nSPS) is 9.83. The molecule has 3 N–H and O–H groups in total. The van der Waals surface area contributed by atoms with Crippen LogP contribution in [0.3, 0.4) is 0 Å². The first kappa shape index (κ1) is 19.0. The zero-order valence-corrected chi connectivity index (χ0v) is 14.1. The molecule has 0 aromatic heterocycles. The zero-order chi connectivity index (χ0) is 15.8. The van der Waals surface area contributed by atoms with Gasteiger partial charge in [-0.15, -0.1) is 12.4 Å². The highest BCUT2D eigenvalue weighted by molar-refractivity contribution is 5.91. The van der Waals surface area contributed by atoms with Gasteiger partial charge < -0.3 is 15.8 Å². The Morgan fingerprint density at radius 1 is 1.17 bits per heavy atom. The highest BCUT2D eigenvalue weighted by atomic mass is 35.5. The first-order valence-electron chi connectivity index (χ1n) is 7.46. The number of carbonyl (C=O) groups is 1. The minimum Gasteiger partial charge on any atom is -0.489 e. The Kier molecular flexibility index (Phi) is 8.16. The Morgan fingerprint density at radius 2 is 1.91 bits per heavy atom. The largest absolute Gasteiger partial charge is 0.489 e. The van der Waals surface area contributed by atoms with Crippen molar-refractivity contribution in [2.75, 3.05) is 11.9 Å². The molecule has 0 atom stereocenters. The second-order valence-electron chi connectivity index (χ2n) is 5.19. The molecule has 0 radical (unpaired) electrons. The summed E-state index contributed by atoms with van der Waals surface area (Å²) in [7, 11) is 0. The minimum absolute atomic E-state index is 0. The smallest absolute Gasteiger partial charge is 0.224 e. The fourth-order valence-corrected chi connectivity index (χ4v) is 2.08. The van der Waals surface area contributed by atoms with Crippen molar-refractivity contribution in [2.45, 2.75) is 26.4 Å². The van der Waals surface area contributed by atoms with Gasteiger partial charge in [-0.05, 0) is 49.2 Å². The minimum atomic E-state index is -0.00787. The molecule has 0 saturated carbocycles. The van der Waals surface area contributed by atoms with Gasteiger partial charge in [0.1, 0.15) is 12.4 Å². The van der Waals surface area contributed by atoms with Crippen LogP contribution in [0.2, 0.25) is 0 Å². The highest BCUT2D eigenvalue weighted by Gasteiger charge is 2.05. The number of hydrogen-bond donors (Lipinski definition) is 2. The van der Waals surface area contributed by atoms with Crippen LogP contribution in [0.4, 0.5) is 5.69 Å². The number of anilines is 1. The molecule has 0 spiro atoms. The maximum Gasteiger partial charge on any atom is 0.224 e. The summed E-state index contributed by atoms with van der Waals surface area (Å²) in [5, 5.41) is 2.90. The van der Waals surface area contributed by atoms with E-state index in [1.54, 1.807) is 0 Å². The number of carbonyl (C=O) groups excluding carboxylic acids is 1. The standard InChI is InChI=1S/C18H22N2O2.ClH/c1-14-12-16(22-13-15-6-3-2-4-7-15)9-10-17(14)20-18(21)8-5-11-19;/h2-4,6-7,9-10,12H,5,8,11,13,19H2,1H3,(H,20,21);1H. The maximum atomic E-state index is 11.7. The van der Waals surface area contributed by atoms with Crippen LogP contribution in [-0.2, 0) is 11.4 Å². The van der Waals surface area contributed by atoms with Gasteiger partial charge in [0.25, 0.3) is 0 Å². The number of nitrogens with one attached hydrogen (secondary N) is 1. The summed E-state index contributed by atoms with van der Waals surface area (Å²) in [5.74, 6) is 0.785. The predicted octanol–water partition coefficient (Wildman–Crippen LogP) is 3.67. The molecular weight excluding hydrogens is 312 g/mol. The Balaban J connectivity index is 0.00000264. The molecule has 0 unspecified atom stereocenters. The van der Waals surface area contributed by atoms with Crippen molar-refractivity contribution in [3.05, 3.63) is 59.7 Å². The lowest BCUT2D eigenvalue weighted by molar-refractivity contribution is -0.116. The van der Waals surface area contributed by atoms with Crippen molar-refractivity contribution in [3.8, 4) is 5.75 Å². The van der Waals surface area contributed by atoms with E-state index < -0.39 is 0 Å². The number of hydrogen-bond acceptors (Lipinski definition) is 3. The molecule has 0 aliphatic carbocycles. The van der Waals surface area contributed by atoms with Gasteiger partial charge >= 0.3 is 0 Å². The number of nitrogens with two attached hydrogens (primary N) is 1. The van der Waals surface area contributed by atoms with Crippen molar-refractivity contribution in [2.24, 2.45) is 5.73 Å². The van der Waals surface area contributed by atoms with Crippen LogP contribution in [-0.4, -0.2) is 12.5 Å². The summed E-state index contributed by atoms with van der Waals surface area (Å²) < 4.78 is 5.77. The first-order chi connectivity index (χ1) is 10.7. The van der Waals surface area contributed by atoms with Crippen molar-refractivity contribution in [3.63, 3.8) is 0 Å². The Bertz CT molecular complexity index is 618. The van der Waals surface area contributed by atoms with Gasteiger partial charge in [0.15, 0.2) is 0 Å². The summed E-state index contributed by atoms with van der Waals surface area (Å²) in [5.41, 5.74) is 8.32. The summed E-state index contributed by atoms with van der Waals surface area (Å²) >= 11 is 0. The van der Waals surface area contributed by atoms with Crippen molar-refractivity contribution in [1.82, 2.24) is 0 Å². The lowest BCUT2D eigenvalue weighted by Gasteiger charge is -2.11. The summed E-state index contributed by atoms with van der Waals surface area (Å²) in [6.07, 6.45) is 1.14. The third-order valence-electron chi connectivity index (χ3n) is 3.33. The average molecular weight is 335 g/mol. The number of aryl methyl sites for hydroxylation is 1. The van der Waals surface area contributed by atoms with Gasteiger partial charge in [-0.3, -0.25) is 4.79 Å². The molecule has 0 aliphatic rings. The van der Waals surface area contributed by atoms with Crippen molar-refractivity contribution < 1.29 is 9.53 Å². The van der Waals surface area contributed by atoms with E-state index in [-0.39, 0.29) is 18.3 Å². The van der Waals surface area contributed by atoms with E-state index in [4.69, 9.17) is 10.5 Å². The van der Waals surface area contributed by atoms with Crippen LogP contribution in [0.15, 0.2) is 48.5 Å². The number of rotatable bonds is 7. The van der Waals surface area contributed by atoms with Gasteiger partial charge in [0, 0.05) is 12.1 Å². The number of ether oxygens (including phenoxy) is 1. The molecule has 0 fully saturated rings. The summed E-state index contributed by atoms with van der Waals surface area (Å²) in [4.78, 5) is 11.7. The molecule has 0 saturated heterocycles. The van der Waals surface area contributed by atoms with E-state index in [9.17, 15) is 4.79 Å². The van der Waals surface area contributed by atoms with Crippen LogP contribution in [0.5, 0.6) is 5.75 Å². The molecular formula is C18H23ClN2O2. The van der Waals surface area contributed by atoms with E-state index in [1.165, 1.54) is 0 Å². The van der Waals surface area contributed by atoms with E-state index in [1.807, 2.05) is 55.5 Å². The van der Waals surface area contributed by atoms with Crippen LogP contribution in [0, 0.1) is 6.92 Å². The van der Waals surface area contributed by atoms with Crippen LogP contribution < -0.4 is 15.8 Å². The molecule has 1 amide bonds. The summed E-state index contributed by atoms with van der Waals surface area (Å²) in [6, 6.07) is 15.7. The topological polar surface area (TPSA) is 64.3 Å². The lowest BCUT2D eigenvalue weighted by atomic mass is 10.1. The number of benzene rings is 2. The van der Waals surface area contributed by atoms with Crippen LogP contribution >= 0.6 is 12.4 Å². The van der Waals surface area contributed by atoms with E-state index in [0.29, 0.717) is 26.0 Å². The molecule has 4 nitrogen and oxygen atoms in total. The predicted molar refractivity (Wildman–Crippen MR) is 96.1 cm³/mol. The van der Waals surface area contributed by atoms with E-state index in [0.717, 1.165) is 22.6 Å². The van der Waals surface area contributed by atoms with Crippen LogP contribution in [0.1, 0.15) is 24.0 Å².